The zero-order chi connectivity index (χ0) is 24.4. The lowest BCUT2D eigenvalue weighted by Crippen LogP contribution is -2.09. The van der Waals surface area contributed by atoms with Gasteiger partial charge in [0.25, 0.3) is 0 Å². The number of hydrogen-bond acceptors (Lipinski definition) is 1. The van der Waals surface area contributed by atoms with Crippen LogP contribution in [-0.4, -0.2) is 9.55 Å². The van der Waals surface area contributed by atoms with Crippen molar-refractivity contribution in [3.63, 3.8) is 0 Å². The highest BCUT2D eigenvalue weighted by Crippen LogP contribution is 2.40. The number of aromatic nitrogens is 2. The lowest BCUT2D eigenvalue weighted by atomic mass is 9.86. The van der Waals surface area contributed by atoms with Gasteiger partial charge in [-0.15, -0.1) is 0 Å². The zero-order valence-corrected chi connectivity index (χ0v) is 20.9. The van der Waals surface area contributed by atoms with Gasteiger partial charge in [-0.1, -0.05) is 113 Å². The summed E-state index contributed by atoms with van der Waals surface area (Å²) in [5.74, 6) is 1.70. The van der Waals surface area contributed by atoms with E-state index in [9.17, 15) is 0 Å². The average Bonchev–Trinajstić information content (AvgIpc) is 3.38. The first-order valence-corrected chi connectivity index (χ1v) is 12.5. The second-order valence-electron chi connectivity index (χ2n) is 9.71. The topological polar surface area (TPSA) is 17.8 Å². The van der Waals surface area contributed by atoms with Gasteiger partial charge in [0.15, 0.2) is 0 Å². The van der Waals surface area contributed by atoms with Crippen molar-refractivity contribution in [1.29, 1.82) is 0 Å². The fourth-order valence-corrected chi connectivity index (χ4v) is 4.88. The van der Waals surface area contributed by atoms with Crippen molar-refractivity contribution in [1.82, 2.24) is 9.55 Å². The van der Waals surface area contributed by atoms with Crippen molar-refractivity contribution in [3.05, 3.63) is 121 Å². The van der Waals surface area contributed by atoms with E-state index in [1.807, 2.05) is 6.20 Å². The molecule has 5 aromatic rings. The molecule has 1 aromatic heterocycles. The molecule has 0 N–H and O–H groups in total. The van der Waals surface area contributed by atoms with Crippen molar-refractivity contribution in [2.75, 3.05) is 0 Å². The Balaban J connectivity index is 1.76. The predicted molar refractivity (Wildman–Crippen MR) is 148 cm³/mol. The number of nitrogens with zero attached hydrogens (tertiary/aromatic N) is 2. The highest BCUT2D eigenvalue weighted by molar-refractivity contribution is 5.85. The summed E-state index contributed by atoms with van der Waals surface area (Å²) in [6, 6.07) is 34.7. The summed E-state index contributed by atoms with van der Waals surface area (Å²) in [6.45, 7) is 9.15. The molecule has 2 nitrogen and oxygen atoms in total. The first kappa shape index (κ1) is 22.9. The Morgan fingerprint density at radius 3 is 1.60 bits per heavy atom. The van der Waals surface area contributed by atoms with Gasteiger partial charge in [-0.3, -0.25) is 4.57 Å². The third kappa shape index (κ3) is 4.44. The van der Waals surface area contributed by atoms with E-state index in [1.165, 1.54) is 39.1 Å². The number of hydrogen-bond donors (Lipinski definition) is 0. The van der Waals surface area contributed by atoms with Gasteiger partial charge in [0, 0.05) is 18.0 Å². The maximum atomic E-state index is 4.76. The monoisotopic (exact) mass is 456 g/mol. The Morgan fingerprint density at radius 1 is 0.571 bits per heavy atom. The van der Waals surface area contributed by atoms with Crippen LogP contribution in [0, 0.1) is 0 Å². The van der Waals surface area contributed by atoms with Gasteiger partial charge in [0.05, 0.1) is 5.69 Å². The standard InChI is InChI=1S/C33H32N2/c1-23(2)30-21-27(29-18-12-11-17-28(29)25-13-7-5-8-14-25)22-31(24(3)4)32(30)35-20-19-34-33(35)26-15-9-6-10-16-26/h5-24H,1-4H3. The van der Waals surface area contributed by atoms with E-state index in [4.69, 9.17) is 4.98 Å². The van der Waals surface area contributed by atoms with Gasteiger partial charge in [-0.2, -0.15) is 0 Å². The van der Waals surface area contributed by atoms with Crippen LogP contribution < -0.4 is 0 Å². The lowest BCUT2D eigenvalue weighted by Gasteiger charge is -2.24. The fourth-order valence-electron chi connectivity index (χ4n) is 4.88. The predicted octanol–water partition coefficient (Wildman–Crippen LogP) is 9.12. The van der Waals surface area contributed by atoms with E-state index >= 15 is 0 Å². The van der Waals surface area contributed by atoms with Crippen LogP contribution in [0.2, 0.25) is 0 Å². The first-order valence-electron chi connectivity index (χ1n) is 12.5. The molecule has 0 saturated heterocycles. The quantitative estimate of drug-likeness (QED) is 0.249. The molecule has 4 aromatic carbocycles. The van der Waals surface area contributed by atoms with Crippen molar-refractivity contribution >= 4 is 0 Å². The molecule has 2 heteroatoms. The van der Waals surface area contributed by atoms with Crippen molar-refractivity contribution in [3.8, 4) is 39.3 Å². The molecular formula is C33H32N2. The molecule has 35 heavy (non-hydrogen) atoms. The molecule has 0 fully saturated rings. The van der Waals surface area contributed by atoms with E-state index in [-0.39, 0.29) is 0 Å². The van der Waals surface area contributed by atoms with Gasteiger partial charge >= 0.3 is 0 Å². The molecule has 5 rings (SSSR count). The number of benzene rings is 4. The Hall–Kier alpha value is -3.91. The van der Waals surface area contributed by atoms with Gasteiger partial charge in [-0.25, -0.2) is 4.98 Å². The second-order valence-corrected chi connectivity index (χ2v) is 9.71. The van der Waals surface area contributed by atoms with Crippen molar-refractivity contribution in [2.24, 2.45) is 0 Å². The molecule has 0 aliphatic rings. The summed E-state index contributed by atoms with van der Waals surface area (Å²) < 4.78 is 2.28. The summed E-state index contributed by atoms with van der Waals surface area (Å²) in [4.78, 5) is 4.76. The largest absolute Gasteiger partial charge is 0.299 e. The van der Waals surface area contributed by atoms with E-state index in [1.54, 1.807) is 0 Å². The van der Waals surface area contributed by atoms with E-state index < -0.39 is 0 Å². The van der Waals surface area contributed by atoms with Crippen LogP contribution in [-0.2, 0) is 0 Å². The van der Waals surface area contributed by atoms with Crippen LogP contribution in [0.15, 0.2) is 109 Å². The average molecular weight is 457 g/mol. The minimum atomic E-state index is 0.359. The number of imidazole rings is 1. The van der Waals surface area contributed by atoms with Crippen LogP contribution >= 0.6 is 0 Å². The molecule has 0 aliphatic heterocycles. The molecular weight excluding hydrogens is 424 g/mol. The number of rotatable bonds is 6. The second kappa shape index (κ2) is 9.76. The van der Waals surface area contributed by atoms with Gasteiger partial charge in [0.1, 0.15) is 5.82 Å². The molecule has 0 bridgehead atoms. The normalized spacial score (nSPS) is 11.4. The zero-order valence-electron chi connectivity index (χ0n) is 20.9. The van der Waals surface area contributed by atoms with E-state index in [2.05, 4.69) is 136 Å². The van der Waals surface area contributed by atoms with Crippen LogP contribution in [0.25, 0.3) is 39.3 Å². The minimum Gasteiger partial charge on any atom is -0.299 e. The fraction of sp³-hybridized carbons (Fsp3) is 0.182. The van der Waals surface area contributed by atoms with Gasteiger partial charge < -0.3 is 0 Å². The molecule has 0 amide bonds. The molecule has 0 aliphatic carbocycles. The Bertz CT molecular complexity index is 1400. The van der Waals surface area contributed by atoms with Crippen LogP contribution in [0.4, 0.5) is 0 Å². The molecule has 0 saturated carbocycles. The highest BCUT2D eigenvalue weighted by atomic mass is 15.1. The molecule has 174 valence electrons. The van der Waals surface area contributed by atoms with Crippen molar-refractivity contribution in [2.45, 2.75) is 39.5 Å². The third-order valence-electron chi connectivity index (χ3n) is 6.65. The summed E-state index contributed by atoms with van der Waals surface area (Å²) in [7, 11) is 0. The maximum absolute atomic E-state index is 4.76. The van der Waals surface area contributed by atoms with Gasteiger partial charge in [0.2, 0.25) is 0 Å². The van der Waals surface area contributed by atoms with Crippen molar-refractivity contribution < 1.29 is 0 Å². The molecule has 1 heterocycles. The smallest absolute Gasteiger partial charge is 0.144 e. The SMILES string of the molecule is CC(C)c1cc(-c2ccccc2-c2ccccc2)cc(C(C)C)c1-n1ccnc1-c1ccccc1. The highest BCUT2D eigenvalue weighted by Gasteiger charge is 2.21. The molecule has 0 unspecified atom stereocenters. The van der Waals surface area contributed by atoms with Crippen LogP contribution in [0.3, 0.4) is 0 Å². The van der Waals surface area contributed by atoms with E-state index in [0.717, 1.165) is 11.4 Å². The summed E-state index contributed by atoms with van der Waals surface area (Å²) in [5, 5.41) is 0. The third-order valence-corrected chi connectivity index (χ3v) is 6.65. The molecule has 0 atom stereocenters. The lowest BCUT2D eigenvalue weighted by molar-refractivity contribution is 0.807. The van der Waals surface area contributed by atoms with E-state index in [0.29, 0.717) is 11.8 Å². The Labute approximate surface area is 208 Å². The molecule has 0 radical (unpaired) electrons. The van der Waals surface area contributed by atoms with Crippen LogP contribution in [0.5, 0.6) is 0 Å². The maximum Gasteiger partial charge on any atom is 0.144 e. The van der Waals surface area contributed by atoms with Crippen LogP contribution in [0.1, 0.15) is 50.7 Å². The molecule has 0 spiro atoms. The van der Waals surface area contributed by atoms with Gasteiger partial charge in [-0.05, 0) is 57.3 Å². The Kier molecular flexibility index (Phi) is 6.37. The Morgan fingerprint density at radius 2 is 1.06 bits per heavy atom. The first-order chi connectivity index (χ1) is 17.0. The summed E-state index contributed by atoms with van der Waals surface area (Å²) >= 11 is 0. The summed E-state index contributed by atoms with van der Waals surface area (Å²) in [6.07, 6.45) is 4.02. The minimum absolute atomic E-state index is 0.359. The summed E-state index contributed by atoms with van der Waals surface area (Å²) in [5.41, 5.74) is 10.1.